The minimum absolute atomic E-state index is 0.346. The summed E-state index contributed by atoms with van der Waals surface area (Å²) in [5.41, 5.74) is 3.03. The molecule has 2 nitrogen and oxygen atoms in total. The molecule has 0 unspecified atom stereocenters. The van der Waals surface area contributed by atoms with E-state index in [4.69, 9.17) is 0 Å². The fourth-order valence-electron chi connectivity index (χ4n) is 2.61. The second kappa shape index (κ2) is 7.32. The van der Waals surface area contributed by atoms with Crippen LogP contribution in [-0.2, 0) is 9.84 Å². The first kappa shape index (κ1) is 18.4. The van der Waals surface area contributed by atoms with Crippen molar-refractivity contribution in [2.24, 2.45) is 0 Å². The van der Waals surface area contributed by atoms with E-state index in [0.717, 1.165) is 5.56 Å². The number of allylic oxidation sites excluding steroid dienone is 2. The minimum atomic E-state index is -3.50. The molecule has 2 rings (SSSR count). The Labute approximate surface area is 146 Å². The van der Waals surface area contributed by atoms with Crippen molar-refractivity contribution in [3.8, 4) is 0 Å². The summed E-state index contributed by atoms with van der Waals surface area (Å²) in [7, 11) is -5.52. The average Bonchev–Trinajstić information content (AvgIpc) is 2.55. The largest absolute Gasteiger partial charge is 0.219 e. The van der Waals surface area contributed by atoms with Crippen LogP contribution in [0.4, 0.5) is 0 Å². The van der Waals surface area contributed by atoms with Crippen molar-refractivity contribution >= 4 is 23.1 Å². The van der Waals surface area contributed by atoms with Crippen LogP contribution in [0.3, 0.4) is 0 Å². The van der Waals surface area contributed by atoms with Crippen molar-refractivity contribution in [2.75, 3.05) is 0 Å². The third-order valence-corrected chi connectivity index (χ3v) is 9.03. The molecule has 0 aliphatic heterocycles. The average molecular weight is 357 g/mol. The van der Waals surface area contributed by atoms with Crippen molar-refractivity contribution in [1.29, 1.82) is 0 Å². The van der Waals surface area contributed by atoms with E-state index < -0.39 is 17.9 Å². The first-order chi connectivity index (χ1) is 11.3. The smallest absolute Gasteiger partial charge is 0.202 e. The van der Waals surface area contributed by atoms with E-state index in [1.807, 2.05) is 43.0 Å². The van der Waals surface area contributed by atoms with Crippen LogP contribution in [0, 0.1) is 6.92 Å². The topological polar surface area (TPSA) is 34.1 Å². The van der Waals surface area contributed by atoms with E-state index in [9.17, 15) is 8.42 Å². The lowest BCUT2D eigenvalue weighted by molar-refractivity contribution is 0.601. The molecule has 0 amide bonds. The molecule has 4 heteroatoms. The summed E-state index contributed by atoms with van der Waals surface area (Å²) in [6.07, 6.45) is 2.01. The molecule has 0 heterocycles. The molecule has 0 radical (unpaired) electrons. The second-order valence-corrected chi connectivity index (χ2v) is 12.8. The summed E-state index contributed by atoms with van der Waals surface area (Å²) in [5.74, 6) is 0. The Hall–Kier alpha value is -1.91. The molecular weight excluding hydrogens is 332 g/mol. The van der Waals surface area contributed by atoms with E-state index in [1.54, 1.807) is 18.2 Å². The van der Waals surface area contributed by atoms with Gasteiger partial charge in [0.15, 0.2) is 0 Å². The number of benzene rings is 2. The highest BCUT2D eigenvalue weighted by Gasteiger charge is 2.26. The molecule has 0 saturated carbocycles. The van der Waals surface area contributed by atoms with Crippen molar-refractivity contribution < 1.29 is 8.42 Å². The summed E-state index contributed by atoms with van der Waals surface area (Å²) in [4.78, 5) is 0.793. The predicted molar refractivity (Wildman–Crippen MR) is 105 cm³/mol. The zero-order chi connectivity index (χ0) is 17.8. The van der Waals surface area contributed by atoms with E-state index in [1.165, 1.54) is 5.19 Å². The lowest BCUT2D eigenvalue weighted by Crippen LogP contribution is -2.40. The minimum Gasteiger partial charge on any atom is -0.219 e. The van der Waals surface area contributed by atoms with E-state index >= 15 is 0 Å². The van der Waals surface area contributed by atoms with Gasteiger partial charge in [0.2, 0.25) is 9.84 Å². The van der Waals surface area contributed by atoms with E-state index in [2.05, 4.69) is 31.8 Å². The zero-order valence-corrected chi connectivity index (χ0v) is 16.3. The number of hydrogen-bond donors (Lipinski definition) is 0. The van der Waals surface area contributed by atoms with Crippen LogP contribution in [0.1, 0.15) is 12.0 Å². The standard InChI is InChI=1S/C20H24O2SSi/c1-5-9-19(16-24(3,4)20-10-7-6-8-11-20)23(21,22)18-14-12-17(2)13-15-18/h5-8,10-16H,1,9H2,2-4H3/b19-16+. The molecule has 0 N–H and O–H groups in total. The molecule has 0 bridgehead atoms. The second-order valence-electron chi connectivity index (χ2n) is 6.51. The molecule has 24 heavy (non-hydrogen) atoms. The molecule has 0 saturated heterocycles. The van der Waals surface area contributed by atoms with Gasteiger partial charge in [0.05, 0.1) is 4.90 Å². The highest BCUT2D eigenvalue weighted by Crippen LogP contribution is 2.24. The summed E-state index contributed by atoms with van der Waals surface area (Å²) < 4.78 is 26.1. The molecule has 0 atom stereocenters. The van der Waals surface area contributed by atoms with Crippen LogP contribution in [0.2, 0.25) is 13.1 Å². The maximum absolute atomic E-state index is 13.0. The van der Waals surface area contributed by atoms with Crippen LogP contribution < -0.4 is 5.19 Å². The SMILES string of the molecule is C=CC/C(=C\[Si](C)(C)c1ccccc1)S(=O)(=O)c1ccc(C)cc1. The number of rotatable bonds is 6. The summed E-state index contributed by atoms with van der Waals surface area (Å²) in [5, 5.41) is 1.21. The number of aryl methyl sites for hydroxylation is 1. The number of hydrogen-bond acceptors (Lipinski definition) is 2. The normalized spacial score (nSPS) is 12.9. The Balaban J connectivity index is 2.52. The molecule has 2 aromatic carbocycles. The highest BCUT2D eigenvalue weighted by atomic mass is 32.2. The van der Waals surface area contributed by atoms with Crippen LogP contribution in [0.25, 0.3) is 0 Å². The molecule has 0 aliphatic rings. The predicted octanol–water partition coefficient (Wildman–Crippen LogP) is 4.38. The molecule has 0 aromatic heterocycles. The molecule has 0 aliphatic carbocycles. The van der Waals surface area contributed by atoms with Gasteiger partial charge in [-0.2, -0.15) is 0 Å². The van der Waals surface area contributed by atoms with Crippen molar-refractivity contribution in [3.63, 3.8) is 0 Å². The Morgan fingerprint density at radius 1 is 1.04 bits per heavy atom. The quantitative estimate of drug-likeness (QED) is 0.568. The van der Waals surface area contributed by atoms with Gasteiger partial charge in [-0.25, -0.2) is 8.42 Å². The van der Waals surface area contributed by atoms with Gasteiger partial charge in [-0.15, -0.1) is 6.58 Å². The Bertz CT molecular complexity index is 833. The maximum Gasteiger partial charge on any atom is 0.202 e. The third-order valence-electron chi connectivity index (χ3n) is 4.06. The van der Waals surface area contributed by atoms with Crippen LogP contribution in [0.15, 0.2) is 82.8 Å². The Kier molecular flexibility index (Phi) is 5.62. The van der Waals surface area contributed by atoms with Gasteiger partial charge in [0, 0.05) is 11.3 Å². The van der Waals surface area contributed by atoms with Gasteiger partial charge in [-0.3, -0.25) is 0 Å². The van der Waals surface area contributed by atoms with E-state index in [0.29, 0.717) is 16.2 Å². The van der Waals surface area contributed by atoms with Crippen molar-refractivity contribution in [2.45, 2.75) is 31.3 Å². The summed E-state index contributed by atoms with van der Waals surface area (Å²) in [6.45, 7) is 10.0. The molecular formula is C20H24O2SSi. The van der Waals surface area contributed by atoms with Crippen LogP contribution in [0.5, 0.6) is 0 Å². The fourth-order valence-corrected chi connectivity index (χ4v) is 7.39. The lowest BCUT2D eigenvalue weighted by Gasteiger charge is -2.21. The van der Waals surface area contributed by atoms with Gasteiger partial charge in [-0.1, -0.05) is 78.1 Å². The third kappa shape index (κ3) is 4.13. The Morgan fingerprint density at radius 3 is 2.17 bits per heavy atom. The monoisotopic (exact) mass is 356 g/mol. The fraction of sp³-hybridized carbons (Fsp3) is 0.200. The van der Waals surface area contributed by atoms with Gasteiger partial charge < -0.3 is 0 Å². The number of sulfone groups is 1. The van der Waals surface area contributed by atoms with Crippen LogP contribution in [-0.4, -0.2) is 16.5 Å². The zero-order valence-electron chi connectivity index (χ0n) is 14.5. The Morgan fingerprint density at radius 2 is 1.62 bits per heavy atom. The van der Waals surface area contributed by atoms with Gasteiger partial charge >= 0.3 is 0 Å². The summed E-state index contributed by atoms with van der Waals surface area (Å²) >= 11 is 0. The first-order valence-corrected chi connectivity index (χ1v) is 12.5. The van der Waals surface area contributed by atoms with Crippen LogP contribution >= 0.6 is 0 Å². The van der Waals surface area contributed by atoms with Gasteiger partial charge in [-0.05, 0) is 19.1 Å². The first-order valence-electron chi connectivity index (χ1n) is 7.97. The van der Waals surface area contributed by atoms with Gasteiger partial charge in [0.1, 0.15) is 8.07 Å². The van der Waals surface area contributed by atoms with E-state index in [-0.39, 0.29) is 0 Å². The molecule has 2 aromatic rings. The lowest BCUT2D eigenvalue weighted by atomic mass is 10.2. The molecule has 0 fully saturated rings. The molecule has 0 spiro atoms. The maximum atomic E-state index is 13.0. The molecule has 126 valence electrons. The van der Waals surface area contributed by atoms with Gasteiger partial charge in [0.25, 0.3) is 0 Å². The van der Waals surface area contributed by atoms with Crippen molar-refractivity contribution in [1.82, 2.24) is 0 Å². The highest BCUT2D eigenvalue weighted by molar-refractivity contribution is 7.95. The summed E-state index contributed by atoms with van der Waals surface area (Å²) in [6, 6.07) is 17.2. The van der Waals surface area contributed by atoms with Crippen molar-refractivity contribution in [3.05, 3.63) is 83.4 Å².